The number of benzene rings is 1. The topological polar surface area (TPSA) is 76.1 Å². The summed E-state index contributed by atoms with van der Waals surface area (Å²) in [5.74, 6) is -0.530. The highest BCUT2D eigenvalue weighted by atomic mass is 32.2. The standard InChI is InChI=1S/C21H22N2O3S2/c1-15-5-6-18(14-16(15)2)28(25,26)13-9-20(24)23-21(19-4-3-12-27-19)17-7-10-22-11-8-17/h3-8,10-12,14,21H,9,13H2,1-2H3,(H,23,24)/t21-/m1/s1. The maximum Gasteiger partial charge on any atom is 0.221 e. The summed E-state index contributed by atoms with van der Waals surface area (Å²) in [7, 11) is -3.52. The first-order chi connectivity index (χ1) is 13.4. The minimum atomic E-state index is -3.52. The summed E-state index contributed by atoms with van der Waals surface area (Å²) in [4.78, 5) is 17.8. The van der Waals surface area contributed by atoms with E-state index in [2.05, 4.69) is 10.3 Å². The fourth-order valence-corrected chi connectivity index (χ4v) is 4.94. The van der Waals surface area contributed by atoms with Crippen molar-refractivity contribution in [2.24, 2.45) is 0 Å². The fourth-order valence-electron chi connectivity index (χ4n) is 2.82. The minimum Gasteiger partial charge on any atom is -0.344 e. The van der Waals surface area contributed by atoms with Crippen LogP contribution in [0.25, 0.3) is 0 Å². The van der Waals surface area contributed by atoms with Crippen LogP contribution in [0.5, 0.6) is 0 Å². The van der Waals surface area contributed by atoms with Gasteiger partial charge in [-0.2, -0.15) is 0 Å². The molecule has 0 saturated heterocycles. The Balaban J connectivity index is 1.70. The molecule has 5 nitrogen and oxygen atoms in total. The van der Waals surface area contributed by atoms with E-state index in [0.29, 0.717) is 0 Å². The van der Waals surface area contributed by atoms with E-state index in [9.17, 15) is 13.2 Å². The van der Waals surface area contributed by atoms with Gasteiger partial charge in [-0.3, -0.25) is 9.78 Å². The van der Waals surface area contributed by atoms with E-state index in [1.54, 1.807) is 30.6 Å². The Bertz CT molecular complexity index is 1050. The third-order valence-electron chi connectivity index (χ3n) is 4.61. The van der Waals surface area contributed by atoms with Crippen LogP contribution in [-0.2, 0) is 14.6 Å². The van der Waals surface area contributed by atoms with Gasteiger partial charge in [0, 0.05) is 23.7 Å². The van der Waals surface area contributed by atoms with E-state index < -0.39 is 9.84 Å². The average Bonchev–Trinajstić information content (AvgIpc) is 3.22. The van der Waals surface area contributed by atoms with Crippen molar-refractivity contribution in [3.05, 3.63) is 81.8 Å². The molecule has 0 spiro atoms. The summed E-state index contributed by atoms with van der Waals surface area (Å²) in [6.07, 6.45) is 3.25. The number of carbonyl (C=O) groups is 1. The molecule has 2 heterocycles. The molecule has 0 saturated carbocycles. The van der Waals surface area contributed by atoms with Gasteiger partial charge >= 0.3 is 0 Å². The van der Waals surface area contributed by atoms with Crippen LogP contribution in [-0.4, -0.2) is 25.1 Å². The monoisotopic (exact) mass is 414 g/mol. The number of sulfone groups is 1. The lowest BCUT2D eigenvalue weighted by Gasteiger charge is -2.18. The molecule has 0 unspecified atom stereocenters. The Morgan fingerprint density at radius 3 is 2.50 bits per heavy atom. The number of aromatic nitrogens is 1. The second kappa shape index (κ2) is 8.67. The van der Waals surface area contributed by atoms with Crippen molar-refractivity contribution < 1.29 is 13.2 Å². The summed E-state index contributed by atoms with van der Waals surface area (Å²) in [6, 6.07) is 12.3. The van der Waals surface area contributed by atoms with Crippen LogP contribution in [0.4, 0.5) is 0 Å². The van der Waals surface area contributed by atoms with E-state index >= 15 is 0 Å². The van der Waals surface area contributed by atoms with Gasteiger partial charge in [0.15, 0.2) is 9.84 Å². The number of aryl methyl sites for hydroxylation is 2. The zero-order valence-corrected chi connectivity index (χ0v) is 17.4. The number of nitrogens with one attached hydrogen (secondary N) is 1. The predicted octanol–water partition coefficient (Wildman–Crippen LogP) is 3.83. The summed E-state index contributed by atoms with van der Waals surface area (Å²) < 4.78 is 25.2. The van der Waals surface area contributed by atoms with Crippen LogP contribution in [0.15, 0.2) is 65.1 Å². The first kappa shape index (κ1) is 20.2. The van der Waals surface area contributed by atoms with E-state index in [4.69, 9.17) is 0 Å². The first-order valence-corrected chi connectivity index (χ1v) is 11.4. The van der Waals surface area contributed by atoms with Crippen molar-refractivity contribution in [2.75, 3.05) is 5.75 Å². The smallest absolute Gasteiger partial charge is 0.221 e. The highest BCUT2D eigenvalue weighted by Crippen LogP contribution is 2.26. The summed E-state index contributed by atoms with van der Waals surface area (Å²) >= 11 is 1.54. The maximum atomic E-state index is 12.6. The number of hydrogen-bond acceptors (Lipinski definition) is 5. The van der Waals surface area contributed by atoms with Gasteiger partial charge in [0.1, 0.15) is 0 Å². The van der Waals surface area contributed by atoms with Crippen LogP contribution >= 0.6 is 11.3 Å². The molecule has 0 aliphatic carbocycles. The fraction of sp³-hybridized carbons (Fsp3) is 0.238. The quantitative estimate of drug-likeness (QED) is 0.637. The second-order valence-electron chi connectivity index (χ2n) is 6.61. The van der Waals surface area contributed by atoms with E-state index in [1.807, 2.05) is 43.5 Å². The summed E-state index contributed by atoms with van der Waals surface area (Å²) in [5.41, 5.74) is 2.86. The molecule has 0 radical (unpaired) electrons. The number of amides is 1. The molecular formula is C21H22N2O3S2. The van der Waals surface area contributed by atoms with Gasteiger partial charge in [0.05, 0.1) is 16.7 Å². The van der Waals surface area contributed by atoms with Crippen LogP contribution in [0.2, 0.25) is 0 Å². The molecule has 0 aliphatic heterocycles. The zero-order valence-electron chi connectivity index (χ0n) is 15.8. The second-order valence-corrected chi connectivity index (χ2v) is 9.70. The van der Waals surface area contributed by atoms with Gasteiger partial charge in [0.25, 0.3) is 0 Å². The van der Waals surface area contributed by atoms with Gasteiger partial charge in [-0.1, -0.05) is 12.1 Å². The van der Waals surface area contributed by atoms with Gasteiger partial charge in [0.2, 0.25) is 5.91 Å². The number of thiophene rings is 1. The van der Waals surface area contributed by atoms with Crippen molar-refractivity contribution in [2.45, 2.75) is 31.2 Å². The lowest BCUT2D eigenvalue weighted by atomic mass is 10.1. The van der Waals surface area contributed by atoms with Crippen LogP contribution < -0.4 is 5.32 Å². The Morgan fingerprint density at radius 2 is 1.86 bits per heavy atom. The third-order valence-corrected chi connectivity index (χ3v) is 7.26. The number of nitrogens with zero attached hydrogens (tertiary/aromatic N) is 1. The van der Waals surface area contributed by atoms with E-state index in [0.717, 1.165) is 21.6 Å². The molecule has 1 aromatic carbocycles. The molecule has 28 heavy (non-hydrogen) atoms. The molecule has 2 aromatic heterocycles. The molecule has 3 rings (SSSR count). The van der Waals surface area contributed by atoms with Crippen LogP contribution in [0.3, 0.4) is 0 Å². The SMILES string of the molecule is Cc1ccc(S(=O)(=O)CCC(=O)N[C@H](c2ccncc2)c2cccs2)cc1C. The van der Waals surface area contributed by atoms with E-state index in [-0.39, 0.29) is 29.0 Å². The molecule has 0 aliphatic rings. The van der Waals surface area contributed by atoms with Crippen molar-refractivity contribution in [3.8, 4) is 0 Å². The lowest BCUT2D eigenvalue weighted by Crippen LogP contribution is -2.30. The molecule has 0 bridgehead atoms. The predicted molar refractivity (Wildman–Crippen MR) is 111 cm³/mol. The first-order valence-electron chi connectivity index (χ1n) is 8.89. The van der Waals surface area contributed by atoms with Gasteiger partial charge in [-0.25, -0.2) is 8.42 Å². The third kappa shape index (κ3) is 4.85. The molecule has 146 valence electrons. The molecular weight excluding hydrogens is 392 g/mol. The number of hydrogen-bond donors (Lipinski definition) is 1. The zero-order chi connectivity index (χ0) is 20.1. The Hall–Kier alpha value is -2.51. The number of rotatable bonds is 7. The highest BCUT2D eigenvalue weighted by Gasteiger charge is 2.21. The summed E-state index contributed by atoms with van der Waals surface area (Å²) in [6.45, 7) is 3.81. The number of pyridine rings is 1. The molecule has 1 amide bonds. The summed E-state index contributed by atoms with van der Waals surface area (Å²) in [5, 5.41) is 4.90. The molecule has 3 aromatic rings. The normalized spacial score (nSPS) is 12.5. The highest BCUT2D eigenvalue weighted by molar-refractivity contribution is 7.91. The minimum absolute atomic E-state index is 0.0950. The van der Waals surface area contributed by atoms with Gasteiger partial charge < -0.3 is 5.32 Å². The van der Waals surface area contributed by atoms with Gasteiger partial charge in [-0.05, 0) is 66.2 Å². The number of carbonyl (C=O) groups excluding carboxylic acids is 1. The van der Waals surface area contributed by atoms with Crippen molar-refractivity contribution >= 4 is 27.1 Å². The average molecular weight is 415 g/mol. The molecule has 7 heteroatoms. The Kier molecular flexibility index (Phi) is 6.26. The lowest BCUT2D eigenvalue weighted by molar-refractivity contribution is -0.121. The van der Waals surface area contributed by atoms with E-state index in [1.165, 1.54) is 11.3 Å². The van der Waals surface area contributed by atoms with Crippen molar-refractivity contribution in [3.63, 3.8) is 0 Å². The van der Waals surface area contributed by atoms with Crippen molar-refractivity contribution in [1.82, 2.24) is 10.3 Å². The van der Waals surface area contributed by atoms with Crippen LogP contribution in [0, 0.1) is 13.8 Å². The Morgan fingerprint density at radius 1 is 1.11 bits per heavy atom. The Labute approximate surface area is 169 Å². The molecule has 1 N–H and O–H groups in total. The van der Waals surface area contributed by atoms with Crippen LogP contribution in [0.1, 0.15) is 34.0 Å². The largest absolute Gasteiger partial charge is 0.344 e. The van der Waals surface area contributed by atoms with Crippen molar-refractivity contribution in [1.29, 1.82) is 0 Å². The van der Waals surface area contributed by atoms with Gasteiger partial charge in [-0.15, -0.1) is 11.3 Å². The molecule has 0 fully saturated rings. The maximum absolute atomic E-state index is 12.6. The molecule has 1 atom stereocenters.